The molecule has 1 N–H and O–H groups in total. The van der Waals surface area contributed by atoms with E-state index in [0.717, 1.165) is 5.56 Å². The topological polar surface area (TPSA) is 95.3 Å². The smallest absolute Gasteiger partial charge is 0.264 e. The maximum absolute atomic E-state index is 13.2. The summed E-state index contributed by atoms with van der Waals surface area (Å²) in [5.74, 6) is 0.627. The van der Waals surface area contributed by atoms with Crippen LogP contribution in [0.4, 0.5) is 5.69 Å². The van der Waals surface area contributed by atoms with Gasteiger partial charge in [0.15, 0.2) is 0 Å². The monoisotopic (exact) mass is 463 g/mol. The van der Waals surface area contributed by atoms with Gasteiger partial charge in [-0.25, -0.2) is 8.42 Å². The first kappa shape index (κ1) is 21.4. The molecule has 170 valence electrons. The summed E-state index contributed by atoms with van der Waals surface area (Å²) >= 11 is 0. The first-order chi connectivity index (χ1) is 15.9. The predicted octanol–water partition coefficient (Wildman–Crippen LogP) is 3.86. The average Bonchev–Trinajstić information content (AvgIpc) is 3.52. The molecule has 33 heavy (non-hydrogen) atoms. The predicted molar refractivity (Wildman–Crippen MR) is 126 cm³/mol. The molecular weight excluding hydrogens is 438 g/mol. The summed E-state index contributed by atoms with van der Waals surface area (Å²) in [6.45, 7) is 6.29. The largest absolute Gasteiger partial charge is 0.415 e. The highest BCUT2D eigenvalue weighted by molar-refractivity contribution is 7.89. The van der Waals surface area contributed by atoms with Gasteiger partial charge >= 0.3 is 0 Å². The van der Waals surface area contributed by atoms with E-state index in [4.69, 9.17) is 4.42 Å². The Hall–Kier alpha value is -3.43. The molecule has 0 amide bonds. The molecule has 1 saturated heterocycles. The number of aryl methyl sites for hydroxylation is 2. The Balaban J connectivity index is 1.31. The van der Waals surface area contributed by atoms with Gasteiger partial charge in [0.25, 0.3) is 5.89 Å². The first-order valence-corrected chi connectivity index (χ1v) is 12.3. The van der Waals surface area contributed by atoms with Crippen LogP contribution in [0.1, 0.15) is 11.1 Å². The Bertz CT molecular complexity index is 1370. The zero-order valence-corrected chi connectivity index (χ0v) is 19.3. The van der Waals surface area contributed by atoms with Crippen molar-refractivity contribution >= 4 is 15.7 Å². The van der Waals surface area contributed by atoms with Gasteiger partial charge in [-0.05, 0) is 49.2 Å². The molecule has 0 unspecified atom stereocenters. The average molecular weight is 464 g/mol. The summed E-state index contributed by atoms with van der Waals surface area (Å²) in [4.78, 5) is 5.41. The van der Waals surface area contributed by atoms with Crippen molar-refractivity contribution in [3.63, 3.8) is 0 Å². The van der Waals surface area contributed by atoms with Crippen molar-refractivity contribution in [2.45, 2.75) is 18.7 Å². The highest BCUT2D eigenvalue weighted by Crippen LogP contribution is 2.28. The molecule has 4 aromatic rings. The molecular formula is C24H25N5O3S. The lowest BCUT2D eigenvalue weighted by Gasteiger charge is -2.36. The van der Waals surface area contributed by atoms with E-state index in [1.54, 1.807) is 6.07 Å². The van der Waals surface area contributed by atoms with Crippen LogP contribution in [0.25, 0.3) is 23.0 Å². The third kappa shape index (κ3) is 4.17. The molecule has 1 aliphatic heterocycles. The molecule has 0 aliphatic carbocycles. The molecule has 9 heteroatoms. The number of rotatable bonds is 5. The van der Waals surface area contributed by atoms with Crippen LogP contribution in [-0.4, -0.2) is 54.1 Å². The van der Waals surface area contributed by atoms with Gasteiger partial charge in [0.2, 0.25) is 15.9 Å². The molecule has 1 aliphatic rings. The van der Waals surface area contributed by atoms with Crippen LogP contribution in [0.5, 0.6) is 0 Å². The Morgan fingerprint density at radius 1 is 0.909 bits per heavy atom. The van der Waals surface area contributed by atoms with Crippen molar-refractivity contribution in [2.24, 2.45) is 0 Å². The molecule has 5 rings (SSSR count). The van der Waals surface area contributed by atoms with Crippen LogP contribution < -0.4 is 4.90 Å². The van der Waals surface area contributed by atoms with Crippen molar-refractivity contribution in [3.05, 3.63) is 71.9 Å². The highest BCUT2D eigenvalue weighted by atomic mass is 32.2. The van der Waals surface area contributed by atoms with Crippen LogP contribution in [0.2, 0.25) is 0 Å². The van der Waals surface area contributed by atoms with Gasteiger partial charge in [0, 0.05) is 43.6 Å². The van der Waals surface area contributed by atoms with Crippen molar-refractivity contribution in [1.82, 2.24) is 19.5 Å². The Kier molecular flexibility index (Phi) is 5.51. The Labute approximate surface area is 192 Å². The lowest BCUT2D eigenvalue weighted by Crippen LogP contribution is -2.48. The quantitative estimate of drug-likeness (QED) is 0.483. The summed E-state index contributed by atoms with van der Waals surface area (Å²) in [5.41, 5.74) is 4.83. The number of aromatic nitrogens is 3. The molecule has 8 nitrogen and oxygen atoms in total. The fraction of sp³-hybridized carbons (Fsp3) is 0.250. The number of H-pyrrole nitrogens is 1. The zero-order chi connectivity index (χ0) is 23.0. The van der Waals surface area contributed by atoms with Crippen LogP contribution in [0, 0.1) is 13.8 Å². The van der Waals surface area contributed by atoms with E-state index in [-0.39, 0.29) is 10.8 Å². The summed E-state index contributed by atoms with van der Waals surface area (Å²) < 4.78 is 33.8. The maximum atomic E-state index is 13.2. The molecule has 0 spiro atoms. The van der Waals surface area contributed by atoms with Gasteiger partial charge in [-0.1, -0.05) is 30.3 Å². The molecule has 2 aromatic heterocycles. The first-order valence-electron chi connectivity index (χ1n) is 10.8. The van der Waals surface area contributed by atoms with Crippen LogP contribution in [0.15, 0.2) is 70.1 Å². The lowest BCUT2D eigenvalue weighted by molar-refractivity contribution is 0.385. The van der Waals surface area contributed by atoms with E-state index in [2.05, 4.69) is 52.1 Å². The number of anilines is 1. The van der Waals surface area contributed by atoms with Crippen molar-refractivity contribution in [1.29, 1.82) is 0 Å². The van der Waals surface area contributed by atoms with Gasteiger partial charge in [-0.2, -0.15) is 4.31 Å². The van der Waals surface area contributed by atoms with Gasteiger partial charge in [0.05, 0.1) is 0 Å². The van der Waals surface area contributed by atoms with E-state index >= 15 is 0 Å². The van der Waals surface area contributed by atoms with E-state index in [1.807, 2.05) is 30.3 Å². The van der Waals surface area contributed by atoms with Crippen LogP contribution in [-0.2, 0) is 10.0 Å². The third-order valence-electron chi connectivity index (χ3n) is 5.91. The standard InChI is InChI=1S/C24H25N5O3S/c1-17-8-9-18(2)22(14-17)28-10-12-29(13-11-28)33(30,31)20-15-21(25-16-20)24-27-26-23(32-24)19-6-4-3-5-7-19/h3-9,14-16,25H,10-13H2,1-2H3. The van der Waals surface area contributed by atoms with Crippen molar-refractivity contribution in [3.8, 4) is 23.0 Å². The van der Waals surface area contributed by atoms with Gasteiger partial charge in [-0.3, -0.25) is 0 Å². The molecule has 1 fully saturated rings. The normalized spacial score (nSPS) is 15.2. The van der Waals surface area contributed by atoms with Crippen LogP contribution >= 0.6 is 0 Å². The second kappa shape index (κ2) is 8.49. The number of hydrogen-bond acceptors (Lipinski definition) is 6. The molecule has 0 atom stereocenters. The Morgan fingerprint density at radius 2 is 1.64 bits per heavy atom. The molecule has 0 saturated carbocycles. The fourth-order valence-corrected chi connectivity index (χ4v) is 5.47. The second-order valence-electron chi connectivity index (χ2n) is 8.21. The maximum Gasteiger partial charge on any atom is 0.264 e. The number of sulfonamides is 1. The number of aromatic amines is 1. The summed E-state index contributed by atoms with van der Waals surface area (Å²) in [6.07, 6.45) is 1.48. The van der Waals surface area contributed by atoms with E-state index < -0.39 is 10.0 Å². The SMILES string of the molecule is Cc1ccc(C)c(N2CCN(S(=O)(=O)c3c[nH]c(-c4nnc(-c5ccccc5)o4)c3)CC2)c1. The Morgan fingerprint density at radius 3 is 2.39 bits per heavy atom. The number of piperazine rings is 1. The molecule has 0 bridgehead atoms. The van der Waals surface area contributed by atoms with Gasteiger partial charge in [-0.15, -0.1) is 10.2 Å². The van der Waals surface area contributed by atoms with Gasteiger partial charge < -0.3 is 14.3 Å². The fourth-order valence-electron chi connectivity index (χ4n) is 4.05. The number of nitrogens with one attached hydrogen (secondary N) is 1. The minimum atomic E-state index is -3.63. The highest BCUT2D eigenvalue weighted by Gasteiger charge is 2.30. The number of hydrogen-bond donors (Lipinski definition) is 1. The van der Waals surface area contributed by atoms with E-state index in [0.29, 0.717) is 37.8 Å². The van der Waals surface area contributed by atoms with Crippen LogP contribution in [0.3, 0.4) is 0 Å². The summed E-state index contributed by atoms with van der Waals surface area (Å²) in [7, 11) is -3.63. The molecule has 0 radical (unpaired) electrons. The van der Waals surface area contributed by atoms with Crippen molar-refractivity contribution in [2.75, 3.05) is 31.1 Å². The number of nitrogens with zero attached hydrogens (tertiary/aromatic N) is 4. The lowest BCUT2D eigenvalue weighted by atomic mass is 10.1. The minimum Gasteiger partial charge on any atom is -0.415 e. The van der Waals surface area contributed by atoms with E-state index in [9.17, 15) is 8.42 Å². The summed E-state index contributed by atoms with van der Waals surface area (Å²) in [5, 5.41) is 8.14. The molecule has 3 heterocycles. The van der Waals surface area contributed by atoms with Crippen molar-refractivity contribution < 1.29 is 12.8 Å². The zero-order valence-electron chi connectivity index (χ0n) is 18.5. The minimum absolute atomic E-state index is 0.192. The third-order valence-corrected chi connectivity index (χ3v) is 7.79. The van der Waals surface area contributed by atoms with Gasteiger partial charge in [0.1, 0.15) is 10.6 Å². The number of benzene rings is 2. The molecule has 2 aromatic carbocycles. The summed E-state index contributed by atoms with van der Waals surface area (Å²) in [6, 6.07) is 17.3. The second-order valence-corrected chi connectivity index (χ2v) is 10.1. The van der Waals surface area contributed by atoms with E-state index in [1.165, 1.54) is 27.3 Å².